The number of nitrogens with two attached hydrogens (primary N) is 1. The van der Waals surface area contributed by atoms with Crippen molar-refractivity contribution >= 4 is 5.97 Å². The summed E-state index contributed by atoms with van der Waals surface area (Å²) in [5.74, 6) is -3.46. The molecule has 13 heteroatoms. The van der Waals surface area contributed by atoms with E-state index in [1.54, 1.807) is 30.3 Å². The fourth-order valence-electron chi connectivity index (χ4n) is 4.98. The molecule has 0 saturated carbocycles. The Morgan fingerprint density at radius 3 is 2.31 bits per heavy atom. The molecule has 0 aliphatic carbocycles. The van der Waals surface area contributed by atoms with Gasteiger partial charge in [-0.25, -0.2) is 13.6 Å². The number of nitrogens with zero attached hydrogens (tertiary/aromatic N) is 2. The van der Waals surface area contributed by atoms with Crippen LogP contribution in [0.25, 0.3) is 11.1 Å². The average Bonchev–Trinajstić information content (AvgIpc) is 2.99. The lowest BCUT2D eigenvalue weighted by Crippen LogP contribution is -2.44. The van der Waals surface area contributed by atoms with E-state index in [-0.39, 0.29) is 42.0 Å². The topological polar surface area (TPSA) is 117 Å². The van der Waals surface area contributed by atoms with E-state index >= 15 is 4.39 Å². The van der Waals surface area contributed by atoms with Crippen LogP contribution in [0.5, 0.6) is 5.75 Å². The SMILES string of the molecule is Cc1c(-c2cccc(OCCCCC(=O)O)c2F)c(=O)n(CC(N)c2ccccc2)c(=O)n1Cc1c(F)cccc1C(F)(F)F. The minimum Gasteiger partial charge on any atom is -0.490 e. The molecule has 1 atom stereocenters. The number of hydrogen-bond acceptors (Lipinski definition) is 5. The molecule has 1 unspecified atom stereocenters. The first-order valence-electron chi connectivity index (χ1n) is 13.9. The molecule has 1 aromatic heterocycles. The van der Waals surface area contributed by atoms with Crippen molar-refractivity contribution in [2.45, 2.75) is 51.5 Å². The van der Waals surface area contributed by atoms with Gasteiger partial charge in [0.25, 0.3) is 5.56 Å². The van der Waals surface area contributed by atoms with Crippen molar-refractivity contribution in [2.24, 2.45) is 5.73 Å². The van der Waals surface area contributed by atoms with Gasteiger partial charge in [0.2, 0.25) is 0 Å². The highest BCUT2D eigenvalue weighted by Crippen LogP contribution is 2.34. The van der Waals surface area contributed by atoms with Gasteiger partial charge < -0.3 is 15.6 Å². The maximum atomic E-state index is 15.9. The summed E-state index contributed by atoms with van der Waals surface area (Å²) in [6.07, 6.45) is -4.48. The predicted octanol–water partition coefficient (Wildman–Crippen LogP) is 5.66. The monoisotopic (exact) mass is 631 g/mol. The molecule has 8 nitrogen and oxygen atoms in total. The van der Waals surface area contributed by atoms with Crippen molar-refractivity contribution in [3.8, 4) is 16.9 Å². The molecule has 4 aromatic rings. The van der Waals surface area contributed by atoms with Gasteiger partial charge in [0.05, 0.1) is 30.8 Å². The molecule has 0 bridgehead atoms. The molecular formula is C32H30F5N3O5. The minimum absolute atomic E-state index is 0.0319. The zero-order valence-corrected chi connectivity index (χ0v) is 24.1. The number of carbonyl (C=O) groups is 1. The second kappa shape index (κ2) is 13.9. The standard InChI is InChI=1S/C32H30F5N3O5/c1-19-28(21-11-7-14-26(29(21)34)45-16-6-5-15-27(41)42)30(43)40(18-25(38)20-9-3-2-4-10-20)31(44)39(19)17-22-23(32(35,36)37)12-8-13-24(22)33/h2-4,7-14,25H,5-6,15-18,38H2,1H3,(H,41,42). The number of rotatable bonds is 12. The normalized spacial score (nSPS) is 12.2. The Balaban J connectivity index is 1.87. The van der Waals surface area contributed by atoms with Gasteiger partial charge in [-0.3, -0.25) is 18.7 Å². The highest BCUT2D eigenvalue weighted by Gasteiger charge is 2.35. The van der Waals surface area contributed by atoms with Crippen LogP contribution in [0.3, 0.4) is 0 Å². The van der Waals surface area contributed by atoms with Crippen LogP contribution in [0, 0.1) is 18.6 Å². The molecule has 1 heterocycles. The van der Waals surface area contributed by atoms with Crippen LogP contribution in [-0.4, -0.2) is 26.8 Å². The highest BCUT2D eigenvalue weighted by atomic mass is 19.4. The summed E-state index contributed by atoms with van der Waals surface area (Å²) in [5.41, 5.74) is 1.83. The first kappa shape index (κ1) is 33.1. The van der Waals surface area contributed by atoms with Gasteiger partial charge in [-0.05, 0) is 43.5 Å². The summed E-state index contributed by atoms with van der Waals surface area (Å²) in [4.78, 5) is 38.4. The van der Waals surface area contributed by atoms with E-state index in [2.05, 4.69) is 0 Å². The first-order valence-corrected chi connectivity index (χ1v) is 13.9. The molecule has 0 amide bonds. The van der Waals surface area contributed by atoms with E-state index in [1.165, 1.54) is 25.1 Å². The number of halogens is 5. The van der Waals surface area contributed by atoms with Gasteiger partial charge in [-0.15, -0.1) is 0 Å². The average molecular weight is 632 g/mol. The summed E-state index contributed by atoms with van der Waals surface area (Å²) in [5, 5.41) is 8.79. The third kappa shape index (κ3) is 7.48. The first-order chi connectivity index (χ1) is 21.3. The second-order valence-electron chi connectivity index (χ2n) is 10.3. The van der Waals surface area contributed by atoms with Gasteiger partial charge >= 0.3 is 17.8 Å². The third-order valence-corrected chi connectivity index (χ3v) is 7.31. The molecule has 238 valence electrons. The molecule has 0 aliphatic rings. The number of ether oxygens (including phenoxy) is 1. The van der Waals surface area contributed by atoms with Crippen LogP contribution < -0.4 is 21.7 Å². The Labute approximate surface area is 254 Å². The largest absolute Gasteiger partial charge is 0.490 e. The number of benzene rings is 3. The molecule has 4 rings (SSSR count). The lowest BCUT2D eigenvalue weighted by molar-refractivity contribution is -0.139. The summed E-state index contributed by atoms with van der Waals surface area (Å²) in [6.45, 7) is -0.108. The third-order valence-electron chi connectivity index (χ3n) is 7.31. The van der Waals surface area contributed by atoms with Crippen molar-refractivity contribution in [3.63, 3.8) is 0 Å². The lowest BCUT2D eigenvalue weighted by Gasteiger charge is -2.21. The van der Waals surface area contributed by atoms with Crippen LogP contribution in [0.1, 0.15) is 47.7 Å². The van der Waals surface area contributed by atoms with E-state index in [4.69, 9.17) is 15.6 Å². The second-order valence-corrected chi connectivity index (χ2v) is 10.3. The molecule has 0 aliphatic heterocycles. The van der Waals surface area contributed by atoms with Crippen molar-refractivity contribution in [1.29, 1.82) is 0 Å². The molecule has 3 aromatic carbocycles. The van der Waals surface area contributed by atoms with Gasteiger partial charge in [0, 0.05) is 29.3 Å². The summed E-state index contributed by atoms with van der Waals surface area (Å²) < 4.78 is 79.3. The lowest BCUT2D eigenvalue weighted by atomic mass is 10.0. The predicted molar refractivity (Wildman–Crippen MR) is 156 cm³/mol. The van der Waals surface area contributed by atoms with E-state index in [0.29, 0.717) is 22.6 Å². The molecule has 0 spiro atoms. The number of carboxylic acids is 1. The van der Waals surface area contributed by atoms with Gasteiger partial charge in [0.1, 0.15) is 5.82 Å². The van der Waals surface area contributed by atoms with E-state index in [1.807, 2.05) is 0 Å². The summed E-state index contributed by atoms with van der Waals surface area (Å²) in [7, 11) is 0. The molecule has 0 radical (unpaired) electrons. The molecular weight excluding hydrogens is 601 g/mol. The van der Waals surface area contributed by atoms with Crippen molar-refractivity contribution in [3.05, 3.63) is 122 Å². The van der Waals surface area contributed by atoms with Crippen LogP contribution in [0.15, 0.2) is 76.3 Å². The van der Waals surface area contributed by atoms with Crippen LogP contribution in [-0.2, 0) is 24.1 Å². The van der Waals surface area contributed by atoms with Gasteiger partial charge in [-0.1, -0.05) is 48.5 Å². The maximum Gasteiger partial charge on any atom is 0.416 e. The van der Waals surface area contributed by atoms with E-state index in [0.717, 1.165) is 16.7 Å². The Morgan fingerprint density at radius 1 is 0.956 bits per heavy atom. The molecule has 0 fully saturated rings. The van der Waals surface area contributed by atoms with Crippen molar-refractivity contribution in [1.82, 2.24) is 9.13 Å². The van der Waals surface area contributed by atoms with Crippen molar-refractivity contribution < 1.29 is 36.6 Å². The number of alkyl halides is 3. The highest BCUT2D eigenvalue weighted by molar-refractivity contribution is 5.68. The zero-order valence-electron chi connectivity index (χ0n) is 24.1. The Bertz CT molecular complexity index is 1800. The van der Waals surface area contributed by atoms with E-state index < -0.39 is 65.3 Å². The Morgan fingerprint density at radius 2 is 1.64 bits per heavy atom. The van der Waals surface area contributed by atoms with Crippen LogP contribution in [0.2, 0.25) is 0 Å². The number of carboxylic acid groups (broad SMARTS) is 1. The Hall–Kier alpha value is -4.78. The fourth-order valence-corrected chi connectivity index (χ4v) is 4.98. The van der Waals surface area contributed by atoms with Crippen LogP contribution in [0.4, 0.5) is 22.0 Å². The van der Waals surface area contributed by atoms with Gasteiger partial charge in [-0.2, -0.15) is 13.2 Å². The summed E-state index contributed by atoms with van der Waals surface area (Å²) in [6, 6.07) is 13.8. The molecule has 0 saturated heterocycles. The Kier molecular flexibility index (Phi) is 10.2. The number of unbranched alkanes of at least 4 members (excludes halogenated alkanes) is 1. The van der Waals surface area contributed by atoms with Crippen molar-refractivity contribution in [2.75, 3.05) is 6.61 Å². The molecule has 3 N–H and O–H groups in total. The van der Waals surface area contributed by atoms with E-state index in [9.17, 15) is 31.9 Å². The zero-order chi connectivity index (χ0) is 32.9. The number of hydrogen-bond donors (Lipinski definition) is 2. The maximum absolute atomic E-state index is 15.9. The smallest absolute Gasteiger partial charge is 0.416 e. The minimum atomic E-state index is -4.95. The van der Waals surface area contributed by atoms with Crippen LogP contribution >= 0.6 is 0 Å². The number of aromatic nitrogens is 2. The van der Waals surface area contributed by atoms with Gasteiger partial charge in [0.15, 0.2) is 11.6 Å². The number of aliphatic carboxylic acids is 1. The fraction of sp³-hybridized carbons (Fsp3) is 0.281. The molecule has 45 heavy (non-hydrogen) atoms. The quantitative estimate of drug-likeness (QED) is 0.154. The summed E-state index contributed by atoms with van der Waals surface area (Å²) >= 11 is 0.